The zero-order valence-electron chi connectivity index (χ0n) is 11.1. The van der Waals surface area contributed by atoms with E-state index < -0.39 is 5.82 Å². The lowest BCUT2D eigenvalue weighted by molar-refractivity contribution is 0.386. The molecule has 0 atom stereocenters. The summed E-state index contributed by atoms with van der Waals surface area (Å²) in [5.41, 5.74) is 0.936. The first-order chi connectivity index (χ1) is 9.65. The number of amidine groups is 1. The van der Waals surface area contributed by atoms with Crippen LogP contribution < -0.4 is 14.8 Å². The lowest BCUT2D eigenvalue weighted by atomic mass is 10.2. The van der Waals surface area contributed by atoms with Crippen LogP contribution in [0.5, 0.6) is 11.6 Å². The molecule has 0 unspecified atom stereocenters. The molecule has 0 aliphatic heterocycles. The third-order valence-corrected chi connectivity index (χ3v) is 2.65. The van der Waals surface area contributed by atoms with Crippen molar-refractivity contribution in [3.63, 3.8) is 0 Å². The van der Waals surface area contributed by atoms with Crippen molar-refractivity contribution in [2.24, 2.45) is 0 Å². The maximum atomic E-state index is 13.6. The number of pyridine rings is 1. The number of benzene rings is 1. The van der Waals surface area contributed by atoms with Crippen LogP contribution in [0.3, 0.4) is 0 Å². The summed E-state index contributed by atoms with van der Waals surface area (Å²) in [6.07, 6.45) is 1.57. The second-order valence-electron chi connectivity index (χ2n) is 3.91. The van der Waals surface area contributed by atoms with Gasteiger partial charge in [-0.1, -0.05) is 0 Å². The van der Waals surface area contributed by atoms with E-state index in [9.17, 15) is 4.39 Å². The van der Waals surface area contributed by atoms with Crippen molar-refractivity contribution in [1.29, 1.82) is 5.41 Å². The molecule has 0 spiro atoms. The molecule has 2 N–H and O–H groups in total. The third kappa shape index (κ3) is 2.85. The largest absolute Gasteiger partial charge is 0.494 e. The van der Waals surface area contributed by atoms with E-state index in [0.29, 0.717) is 17.1 Å². The predicted octanol–water partition coefficient (Wildman–Crippen LogP) is 2.68. The van der Waals surface area contributed by atoms with Gasteiger partial charge in [-0.3, -0.25) is 5.41 Å². The zero-order valence-corrected chi connectivity index (χ0v) is 11.1. The summed E-state index contributed by atoms with van der Waals surface area (Å²) in [5, 5.41) is 10.8. The molecule has 0 saturated heterocycles. The number of ether oxygens (including phenoxy) is 2. The number of hydrogen-bond acceptors (Lipinski definition) is 4. The second-order valence-corrected chi connectivity index (χ2v) is 3.91. The molecule has 0 aliphatic carbocycles. The standard InChI is InChI=1S/C14H14FN3O2/c1-19-12-6-5-9(8-11(12)15)18-13(16)10-4-3-7-17-14(10)20-2/h3-8H,1-2H3,(H2,16,18). The summed E-state index contributed by atoms with van der Waals surface area (Å²) in [7, 11) is 2.88. The first kappa shape index (κ1) is 13.8. The summed E-state index contributed by atoms with van der Waals surface area (Å²) in [6, 6.07) is 7.77. The fourth-order valence-corrected chi connectivity index (χ4v) is 1.70. The quantitative estimate of drug-likeness (QED) is 0.665. The number of methoxy groups -OCH3 is 2. The van der Waals surface area contributed by atoms with Crippen molar-refractivity contribution in [2.45, 2.75) is 0 Å². The normalized spacial score (nSPS) is 9.95. The monoisotopic (exact) mass is 275 g/mol. The smallest absolute Gasteiger partial charge is 0.224 e. The van der Waals surface area contributed by atoms with Crippen LogP contribution in [0.2, 0.25) is 0 Å². The molecule has 1 aromatic heterocycles. The Morgan fingerprint density at radius 3 is 2.70 bits per heavy atom. The highest BCUT2D eigenvalue weighted by molar-refractivity contribution is 6.07. The fraction of sp³-hybridized carbons (Fsp3) is 0.143. The average Bonchev–Trinajstić information content (AvgIpc) is 2.47. The van der Waals surface area contributed by atoms with Gasteiger partial charge in [0, 0.05) is 18.0 Å². The molecule has 0 bridgehead atoms. The molecule has 2 rings (SSSR count). The Kier molecular flexibility index (Phi) is 4.14. The van der Waals surface area contributed by atoms with Crippen LogP contribution in [0.25, 0.3) is 0 Å². The number of nitrogens with zero attached hydrogens (tertiary/aromatic N) is 1. The molecule has 2 aromatic rings. The molecule has 0 amide bonds. The van der Waals surface area contributed by atoms with E-state index in [1.807, 2.05) is 0 Å². The van der Waals surface area contributed by atoms with Gasteiger partial charge >= 0.3 is 0 Å². The predicted molar refractivity (Wildman–Crippen MR) is 74.2 cm³/mol. The molecule has 0 aliphatic rings. The number of halogens is 1. The number of nitrogens with one attached hydrogen (secondary N) is 2. The van der Waals surface area contributed by atoms with E-state index in [2.05, 4.69) is 10.3 Å². The van der Waals surface area contributed by atoms with Gasteiger partial charge in [0.15, 0.2) is 11.6 Å². The summed E-state index contributed by atoms with van der Waals surface area (Å²) in [4.78, 5) is 4.01. The molecule has 0 saturated carbocycles. The Bertz CT molecular complexity index is 632. The number of anilines is 1. The highest BCUT2D eigenvalue weighted by atomic mass is 19.1. The molecule has 5 nitrogen and oxygen atoms in total. The van der Waals surface area contributed by atoms with Crippen molar-refractivity contribution in [3.8, 4) is 11.6 Å². The van der Waals surface area contributed by atoms with Gasteiger partial charge in [-0.15, -0.1) is 0 Å². The molecule has 1 heterocycles. The van der Waals surface area contributed by atoms with Crippen molar-refractivity contribution in [3.05, 3.63) is 47.9 Å². The third-order valence-electron chi connectivity index (χ3n) is 2.65. The molecular formula is C14H14FN3O2. The maximum absolute atomic E-state index is 13.6. The Morgan fingerprint density at radius 2 is 2.05 bits per heavy atom. The number of aromatic nitrogens is 1. The lowest BCUT2D eigenvalue weighted by Crippen LogP contribution is -2.14. The minimum absolute atomic E-state index is 0.0690. The number of rotatable bonds is 4. The Hall–Kier alpha value is -2.63. The van der Waals surface area contributed by atoms with Gasteiger partial charge in [0.25, 0.3) is 0 Å². The Labute approximate surface area is 115 Å². The van der Waals surface area contributed by atoms with Gasteiger partial charge in [0.2, 0.25) is 5.88 Å². The first-order valence-corrected chi connectivity index (χ1v) is 5.84. The van der Waals surface area contributed by atoms with E-state index in [1.165, 1.54) is 26.4 Å². The van der Waals surface area contributed by atoms with Crippen LogP contribution in [-0.4, -0.2) is 25.0 Å². The van der Waals surface area contributed by atoms with E-state index in [0.717, 1.165) is 0 Å². The lowest BCUT2D eigenvalue weighted by Gasteiger charge is -2.11. The average molecular weight is 275 g/mol. The molecule has 104 valence electrons. The SMILES string of the molecule is COc1ccc(NC(=N)c2cccnc2OC)cc1F. The van der Waals surface area contributed by atoms with E-state index >= 15 is 0 Å². The van der Waals surface area contributed by atoms with E-state index in [1.54, 1.807) is 24.4 Å². The van der Waals surface area contributed by atoms with Gasteiger partial charge in [0.1, 0.15) is 5.84 Å². The Balaban J connectivity index is 2.21. The van der Waals surface area contributed by atoms with Crippen LogP contribution in [-0.2, 0) is 0 Å². The van der Waals surface area contributed by atoms with Crippen LogP contribution in [0.1, 0.15) is 5.56 Å². The maximum Gasteiger partial charge on any atom is 0.224 e. The minimum Gasteiger partial charge on any atom is -0.494 e. The van der Waals surface area contributed by atoms with Crippen molar-refractivity contribution in [2.75, 3.05) is 19.5 Å². The van der Waals surface area contributed by atoms with Gasteiger partial charge in [-0.25, -0.2) is 9.37 Å². The van der Waals surface area contributed by atoms with E-state index in [-0.39, 0.29) is 11.6 Å². The molecule has 0 fully saturated rings. The number of hydrogen-bond donors (Lipinski definition) is 2. The van der Waals surface area contributed by atoms with Gasteiger partial charge < -0.3 is 14.8 Å². The topological polar surface area (TPSA) is 67.2 Å². The van der Waals surface area contributed by atoms with Gasteiger partial charge in [-0.2, -0.15) is 0 Å². The Morgan fingerprint density at radius 1 is 1.25 bits per heavy atom. The molecule has 6 heteroatoms. The van der Waals surface area contributed by atoms with Gasteiger partial charge in [-0.05, 0) is 24.3 Å². The molecule has 1 aromatic carbocycles. The second kappa shape index (κ2) is 6.01. The highest BCUT2D eigenvalue weighted by Crippen LogP contribution is 2.22. The van der Waals surface area contributed by atoms with Crippen molar-refractivity contribution in [1.82, 2.24) is 4.98 Å². The summed E-state index contributed by atoms with van der Waals surface area (Å²) >= 11 is 0. The molecule has 0 radical (unpaired) electrons. The van der Waals surface area contributed by atoms with Crippen molar-refractivity contribution < 1.29 is 13.9 Å². The molecular weight excluding hydrogens is 261 g/mol. The minimum atomic E-state index is -0.497. The van der Waals surface area contributed by atoms with Crippen LogP contribution in [0.15, 0.2) is 36.5 Å². The summed E-state index contributed by atoms with van der Waals surface area (Å²) in [6.45, 7) is 0. The first-order valence-electron chi connectivity index (χ1n) is 5.84. The van der Waals surface area contributed by atoms with Crippen LogP contribution in [0.4, 0.5) is 10.1 Å². The van der Waals surface area contributed by atoms with E-state index in [4.69, 9.17) is 14.9 Å². The fourth-order valence-electron chi connectivity index (χ4n) is 1.70. The summed E-state index contributed by atoms with van der Waals surface area (Å²) in [5.74, 6) is 0.0583. The van der Waals surface area contributed by atoms with Gasteiger partial charge in [0.05, 0.1) is 19.8 Å². The van der Waals surface area contributed by atoms with Crippen molar-refractivity contribution >= 4 is 11.5 Å². The summed E-state index contributed by atoms with van der Waals surface area (Å²) < 4.78 is 23.5. The highest BCUT2D eigenvalue weighted by Gasteiger charge is 2.10. The van der Waals surface area contributed by atoms with Crippen LogP contribution >= 0.6 is 0 Å². The molecule has 20 heavy (non-hydrogen) atoms. The van der Waals surface area contributed by atoms with Crippen LogP contribution in [0, 0.1) is 11.2 Å². The zero-order chi connectivity index (χ0) is 14.5.